The van der Waals surface area contributed by atoms with Crippen molar-refractivity contribution < 1.29 is 14.0 Å². The van der Waals surface area contributed by atoms with Gasteiger partial charge < -0.3 is 10.6 Å². The summed E-state index contributed by atoms with van der Waals surface area (Å²) < 4.78 is 14.4. The van der Waals surface area contributed by atoms with Crippen LogP contribution in [0.3, 0.4) is 0 Å². The molecule has 0 aliphatic carbocycles. The van der Waals surface area contributed by atoms with E-state index in [-0.39, 0.29) is 11.6 Å². The number of carbonyl (C=O) groups is 2. The Kier molecular flexibility index (Phi) is 5.39. The molecule has 2 rings (SSSR count). The first-order chi connectivity index (χ1) is 11.2. The van der Waals surface area contributed by atoms with Gasteiger partial charge in [-0.3, -0.25) is 9.59 Å². The van der Waals surface area contributed by atoms with Gasteiger partial charge in [0.15, 0.2) is 0 Å². The van der Waals surface area contributed by atoms with Gasteiger partial charge in [-0.1, -0.05) is 42.8 Å². The van der Waals surface area contributed by atoms with Crippen LogP contribution in [-0.2, 0) is 4.79 Å². The van der Waals surface area contributed by atoms with Gasteiger partial charge in [-0.05, 0) is 36.4 Å². The van der Waals surface area contributed by atoms with Gasteiger partial charge in [0.2, 0.25) is 5.91 Å². The maximum Gasteiger partial charge on any atom is 0.255 e. The van der Waals surface area contributed by atoms with Gasteiger partial charge >= 0.3 is 0 Å². The van der Waals surface area contributed by atoms with E-state index in [4.69, 9.17) is 0 Å². The molecule has 2 amide bonds. The zero-order valence-electron chi connectivity index (χ0n) is 13.6. The third-order valence-corrected chi connectivity index (χ3v) is 3.74. The average Bonchev–Trinajstić information content (AvgIpc) is 2.49. The number of rotatable bonds is 3. The molecule has 24 heavy (non-hydrogen) atoms. The molecular formula is C18H18BrFN2O2. The molecule has 0 atom stereocenters. The van der Waals surface area contributed by atoms with Crippen molar-refractivity contribution in [3.8, 4) is 0 Å². The predicted molar refractivity (Wildman–Crippen MR) is 96.6 cm³/mol. The van der Waals surface area contributed by atoms with Crippen molar-refractivity contribution in [3.05, 3.63) is 58.3 Å². The van der Waals surface area contributed by atoms with E-state index >= 15 is 0 Å². The quantitative estimate of drug-likeness (QED) is 0.785. The van der Waals surface area contributed by atoms with Crippen molar-refractivity contribution in [2.75, 3.05) is 10.6 Å². The third-order valence-electron chi connectivity index (χ3n) is 3.24. The van der Waals surface area contributed by atoms with Gasteiger partial charge in [-0.15, -0.1) is 0 Å². The summed E-state index contributed by atoms with van der Waals surface area (Å²) in [7, 11) is 0. The van der Waals surface area contributed by atoms with Crippen LogP contribution >= 0.6 is 15.9 Å². The fraction of sp³-hybridized carbons (Fsp3) is 0.222. The Hall–Kier alpha value is -2.21. The van der Waals surface area contributed by atoms with Crippen LogP contribution in [0.4, 0.5) is 15.8 Å². The summed E-state index contributed by atoms with van der Waals surface area (Å²) >= 11 is 3.16. The minimum atomic E-state index is -0.543. The van der Waals surface area contributed by atoms with E-state index < -0.39 is 17.1 Å². The standard InChI is InChI=1S/C18H18BrFN2O2/c1-18(2,3)17(24)21-13-6-4-5-11(9-13)16(23)22-15-8-7-12(19)10-14(15)20/h4-10H,1-3H3,(H,21,24)(H,22,23). The van der Waals surface area contributed by atoms with Crippen molar-refractivity contribution in [3.63, 3.8) is 0 Å². The molecule has 6 heteroatoms. The topological polar surface area (TPSA) is 58.2 Å². The molecule has 0 radical (unpaired) electrons. The molecule has 126 valence electrons. The maximum absolute atomic E-state index is 13.8. The number of anilines is 2. The Labute approximate surface area is 148 Å². The highest BCUT2D eigenvalue weighted by Crippen LogP contribution is 2.21. The number of hydrogen-bond donors (Lipinski definition) is 2. The van der Waals surface area contributed by atoms with Crippen LogP contribution in [0, 0.1) is 11.2 Å². The van der Waals surface area contributed by atoms with Crippen LogP contribution in [-0.4, -0.2) is 11.8 Å². The lowest BCUT2D eigenvalue weighted by Gasteiger charge is -2.18. The van der Waals surface area contributed by atoms with E-state index in [1.54, 1.807) is 51.1 Å². The highest BCUT2D eigenvalue weighted by Gasteiger charge is 2.21. The lowest BCUT2D eigenvalue weighted by molar-refractivity contribution is -0.123. The minimum Gasteiger partial charge on any atom is -0.326 e. The Morgan fingerprint density at radius 2 is 1.75 bits per heavy atom. The summed E-state index contributed by atoms with van der Waals surface area (Å²) in [5.74, 6) is -1.14. The number of halogens is 2. The van der Waals surface area contributed by atoms with Gasteiger partial charge in [-0.2, -0.15) is 0 Å². The van der Waals surface area contributed by atoms with Gasteiger partial charge in [-0.25, -0.2) is 4.39 Å². The largest absolute Gasteiger partial charge is 0.326 e. The molecule has 0 saturated heterocycles. The summed E-state index contributed by atoms with van der Waals surface area (Å²) in [5.41, 5.74) is 0.383. The lowest BCUT2D eigenvalue weighted by Crippen LogP contribution is -2.27. The molecule has 0 aliphatic heterocycles. The molecule has 4 nitrogen and oxygen atoms in total. The molecule has 0 heterocycles. The molecule has 0 unspecified atom stereocenters. The van der Waals surface area contributed by atoms with E-state index in [9.17, 15) is 14.0 Å². The molecule has 0 aromatic heterocycles. The summed E-state index contributed by atoms with van der Waals surface area (Å²) in [4.78, 5) is 24.3. The molecular weight excluding hydrogens is 375 g/mol. The summed E-state index contributed by atoms with van der Waals surface area (Å²) in [6, 6.07) is 10.9. The molecule has 2 aromatic carbocycles. The molecule has 0 spiro atoms. The van der Waals surface area contributed by atoms with Gasteiger partial charge in [0.05, 0.1) is 5.69 Å². The van der Waals surface area contributed by atoms with Gasteiger partial charge in [0.25, 0.3) is 5.91 Å². The van der Waals surface area contributed by atoms with E-state index in [0.29, 0.717) is 15.7 Å². The first-order valence-electron chi connectivity index (χ1n) is 7.35. The fourth-order valence-electron chi connectivity index (χ4n) is 1.84. The molecule has 2 N–H and O–H groups in total. The van der Waals surface area contributed by atoms with E-state index in [1.165, 1.54) is 12.1 Å². The van der Waals surface area contributed by atoms with Crippen molar-refractivity contribution in [2.45, 2.75) is 20.8 Å². The normalized spacial score (nSPS) is 11.0. The highest BCUT2D eigenvalue weighted by molar-refractivity contribution is 9.10. The first kappa shape index (κ1) is 18.1. The number of hydrogen-bond acceptors (Lipinski definition) is 2. The lowest BCUT2D eigenvalue weighted by atomic mass is 9.95. The second kappa shape index (κ2) is 7.13. The van der Waals surface area contributed by atoms with Crippen LogP contribution < -0.4 is 10.6 Å². The van der Waals surface area contributed by atoms with Crippen LogP contribution in [0.15, 0.2) is 46.9 Å². The Bertz CT molecular complexity index is 785. The molecule has 0 saturated carbocycles. The second-order valence-electron chi connectivity index (χ2n) is 6.36. The number of carbonyl (C=O) groups excluding carboxylic acids is 2. The number of benzene rings is 2. The first-order valence-corrected chi connectivity index (χ1v) is 8.14. The SMILES string of the molecule is CC(C)(C)C(=O)Nc1cccc(C(=O)Nc2ccc(Br)cc2F)c1. The number of nitrogens with one attached hydrogen (secondary N) is 2. The summed E-state index contributed by atoms with van der Waals surface area (Å²) in [6.45, 7) is 5.40. The minimum absolute atomic E-state index is 0.0901. The fourth-order valence-corrected chi connectivity index (χ4v) is 2.18. The van der Waals surface area contributed by atoms with Crippen molar-refractivity contribution >= 4 is 39.1 Å². The molecule has 2 aromatic rings. The van der Waals surface area contributed by atoms with E-state index in [0.717, 1.165) is 0 Å². The summed E-state index contributed by atoms with van der Waals surface area (Å²) in [6.07, 6.45) is 0. The Balaban J connectivity index is 2.16. The van der Waals surface area contributed by atoms with Crippen molar-refractivity contribution in [1.29, 1.82) is 0 Å². The summed E-state index contributed by atoms with van der Waals surface area (Å²) in [5, 5.41) is 5.28. The average molecular weight is 393 g/mol. The van der Waals surface area contributed by atoms with Crippen molar-refractivity contribution in [1.82, 2.24) is 0 Å². The maximum atomic E-state index is 13.8. The van der Waals surface area contributed by atoms with Crippen LogP contribution in [0.25, 0.3) is 0 Å². The molecule has 0 aliphatic rings. The van der Waals surface area contributed by atoms with Crippen LogP contribution in [0.5, 0.6) is 0 Å². The Morgan fingerprint density at radius 1 is 1.04 bits per heavy atom. The third kappa shape index (κ3) is 4.64. The second-order valence-corrected chi connectivity index (χ2v) is 7.28. The smallest absolute Gasteiger partial charge is 0.255 e. The monoisotopic (exact) mass is 392 g/mol. The van der Waals surface area contributed by atoms with E-state index in [1.807, 2.05) is 0 Å². The Morgan fingerprint density at radius 3 is 2.38 bits per heavy atom. The highest BCUT2D eigenvalue weighted by atomic mass is 79.9. The zero-order valence-corrected chi connectivity index (χ0v) is 15.2. The predicted octanol–water partition coefficient (Wildman–Crippen LogP) is 4.83. The van der Waals surface area contributed by atoms with E-state index in [2.05, 4.69) is 26.6 Å². The molecule has 0 fully saturated rings. The van der Waals surface area contributed by atoms with Gasteiger partial charge in [0.1, 0.15) is 5.82 Å². The van der Waals surface area contributed by atoms with Crippen molar-refractivity contribution in [2.24, 2.45) is 5.41 Å². The van der Waals surface area contributed by atoms with Crippen LogP contribution in [0.1, 0.15) is 31.1 Å². The van der Waals surface area contributed by atoms with Crippen LogP contribution in [0.2, 0.25) is 0 Å². The van der Waals surface area contributed by atoms with Gasteiger partial charge in [0, 0.05) is 21.1 Å². The molecule has 0 bridgehead atoms. The number of amides is 2. The zero-order chi connectivity index (χ0) is 17.9.